The first-order valence-electron chi connectivity index (χ1n) is 7.34. The maximum atomic E-state index is 12.4. The Labute approximate surface area is 125 Å². The molecule has 0 radical (unpaired) electrons. The van der Waals surface area contributed by atoms with Gasteiger partial charge in [0, 0.05) is 6.04 Å². The maximum Gasteiger partial charge on any atom is 0.229 e. The van der Waals surface area contributed by atoms with Gasteiger partial charge in [-0.1, -0.05) is 31.9 Å². The van der Waals surface area contributed by atoms with Crippen molar-refractivity contribution >= 4 is 21.4 Å². The molecule has 0 aromatic heterocycles. The van der Waals surface area contributed by atoms with Crippen LogP contribution in [0.15, 0.2) is 29.2 Å². The van der Waals surface area contributed by atoms with E-state index in [-0.39, 0.29) is 28.5 Å². The molecule has 3 N–H and O–H groups in total. The van der Waals surface area contributed by atoms with Gasteiger partial charge in [-0.15, -0.1) is 0 Å². The molecular weight excluding hydrogens is 288 g/mol. The lowest BCUT2D eigenvalue weighted by Gasteiger charge is -2.27. The second-order valence-corrected chi connectivity index (χ2v) is 7.69. The molecule has 0 bridgehead atoms. The van der Waals surface area contributed by atoms with Crippen LogP contribution in [0.3, 0.4) is 0 Å². The van der Waals surface area contributed by atoms with E-state index in [0.29, 0.717) is 5.69 Å². The minimum Gasteiger partial charge on any atom is -0.327 e. The fraction of sp³-hybridized carbons (Fsp3) is 0.533. The lowest BCUT2D eigenvalue weighted by Crippen LogP contribution is -2.40. The van der Waals surface area contributed by atoms with Crippen LogP contribution in [-0.4, -0.2) is 26.1 Å². The highest BCUT2D eigenvalue weighted by atomic mass is 32.2. The summed E-state index contributed by atoms with van der Waals surface area (Å²) in [5, 5.41) is 2.75. The summed E-state index contributed by atoms with van der Waals surface area (Å²) in [7, 11) is -3.36. The van der Waals surface area contributed by atoms with Gasteiger partial charge in [0.05, 0.1) is 22.3 Å². The number of hydrogen-bond acceptors (Lipinski definition) is 4. The first kappa shape index (κ1) is 16.0. The predicted molar refractivity (Wildman–Crippen MR) is 82.7 cm³/mol. The molecule has 5 nitrogen and oxygen atoms in total. The minimum absolute atomic E-state index is 0.00280. The van der Waals surface area contributed by atoms with Crippen LogP contribution >= 0.6 is 0 Å². The summed E-state index contributed by atoms with van der Waals surface area (Å²) < 4.78 is 24.1. The molecule has 1 aromatic carbocycles. The zero-order chi connectivity index (χ0) is 15.5. The molecule has 116 valence electrons. The number of benzene rings is 1. The SMILES string of the molecule is CCS(=O)(=O)c1ccccc1NC(=O)C1CCCCC1N. The van der Waals surface area contributed by atoms with Crippen LogP contribution in [0.1, 0.15) is 32.6 Å². The lowest BCUT2D eigenvalue weighted by molar-refractivity contribution is -0.121. The molecule has 1 fully saturated rings. The molecule has 1 aromatic rings. The second-order valence-electron chi connectivity index (χ2n) is 5.44. The molecule has 6 heteroatoms. The van der Waals surface area contributed by atoms with E-state index >= 15 is 0 Å². The van der Waals surface area contributed by atoms with E-state index in [1.165, 1.54) is 6.07 Å². The summed E-state index contributed by atoms with van der Waals surface area (Å²) in [6, 6.07) is 6.37. The van der Waals surface area contributed by atoms with Gasteiger partial charge in [0.25, 0.3) is 0 Å². The highest BCUT2D eigenvalue weighted by Crippen LogP contribution is 2.27. The Morgan fingerprint density at radius 1 is 1.29 bits per heavy atom. The van der Waals surface area contributed by atoms with E-state index in [9.17, 15) is 13.2 Å². The molecule has 1 saturated carbocycles. The standard InChI is InChI=1S/C15H22N2O3S/c1-2-21(19,20)14-10-6-5-9-13(14)17-15(18)11-7-3-4-8-12(11)16/h5-6,9-12H,2-4,7-8,16H2,1H3,(H,17,18). The summed E-state index contributed by atoms with van der Waals surface area (Å²) in [6.45, 7) is 1.59. The molecule has 2 rings (SSSR count). The van der Waals surface area contributed by atoms with Crippen molar-refractivity contribution < 1.29 is 13.2 Å². The number of nitrogens with one attached hydrogen (secondary N) is 1. The Bertz CT molecular complexity index is 613. The normalized spacial score (nSPS) is 22.8. The Morgan fingerprint density at radius 2 is 1.95 bits per heavy atom. The van der Waals surface area contributed by atoms with Crippen LogP contribution in [0.4, 0.5) is 5.69 Å². The molecule has 0 heterocycles. The largest absolute Gasteiger partial charge is 0.327 e. The molecular formula is C15H22N2O3S. The number of amides is 1. The van der Waals surface area contributed by atoms with E-state index in [4.69, 9.17) is 5.73 Å². The maximum absolute atomic E-state index is 12.4. The number of sulfone groups is 1. The fourth-order valence-electron chi connectivity index (χ4n) is 2.71. The molecule has 1 amide bonds. The first-order valence-corrected chi connectivity index (χ1v) is 8.99. The smallest absolute Gasteiger partial charge is 0.229 e. The van der Waals surface area contributed by atoms with Gasteiger partial charge in [0.2, 0.25) is 5.91 Å². The molecule has 2 unspecified atom stereocenters. The van der Waals surface area contributed by atoms with Crippen LogP contribution in [0.5, 0.6) is 0 Å². The highest BCUT2D eigenvalue weighted by molar-refractivity contribution is 7.91. The topological polar surface area (TPSA) is 89.3 Å². The van der Waals surface area contributed by atoms with Gasteiger partial charge in [0.1, 0.15) is 0 Å². The van der Waals surface area contributed by atoms with E-state index in [1.807, 2.05) is 0 Å². The van der Waals surface area contributed by atoms with Crippen molar-refractivity contribution in [3.63, 3.8) is 0 Å². The average molecular weight is 310 g/mol. The molecule has 0 aliphatic heterocycles. The average Bonchev–Trinajstić information content (AvgIpc) is 2.48. The molecule has 21 heavy (non-hydrogen) atoms. The third-order valence-corrected chi connectivity index (χ3v) is 5.80. The summed E-state index contributed by atoms with van der Waals surface area (Å²) in [6.07, 6.45) is 3.63. The van der Waals surface area contributed by atoms with E-state index in [0.717, 1.165) is 25.7 Å². The van der Waals surface area contributed by atoms with Gasteiger partial charge >= 0.3 is 0 Å². The molecule has 1 aliphatic rings. The van der Waals surface area contributed by atoms with Crippen LogP contribution in [0.2, 0.25) is 0 Å². The van der Waals surface area contributed by atoms with Gasteiger partial charge in [-0.25, -0.2) is 8.42 Å². The number of para-hydroxylation sites is 1. The van der Waals surface area contributed by atoms with Crippen molar-refractivity contribution in [2.75, 3.05) is 11.1 Å². The molecule has 0 saturated heterocycles. The van der Waals surface area contributed by atoms with Crippen LogP contribution in [0, 0.1) is 5.92 Å². The molecule has 0 spiro atoms. The number of carbonyl (C=O) groups excluding carboxylic acids is 1. The van der Waals surface area contributed by atoms with Crippen molar-refractivity contribution in [2.45, 2.75) is 43.5 Å². The van der Waals surface area contributed by atoms with E-state index < -0.39 is 9.84 Å². The summed E-state index contributed by atoms with van der Waals surface area (Å²) in [4.78, 5) is 12.5. The monoisotopic (exact) mass is 310 g/mol. The quantitative estimate of drug-likeness (QED) is 0.889. The number of hydrogen-bond donors (Lipinski definition) is 2. The van der Waals surface area contributed by atoms with Gasteiger partial charge in [0.15, 0.2) is 9.84 Å². The van der Waals surface area contributed by atoms with E-state index in [2.05, 4.69) is 5.32 Å². The van der Waals surface area contributed by atoms with Gasteiger partial charge in [-0.05, 0) is 25.0 Å². The number of nitrogens with two attached hydrogens (primary N) is 1. The number of rotatable bonds is 4. The Hall–Kier alpha value is -1.40. The second kappa shape index (κ2) is 6.58. The van der Waals surface area contributed by atoms with Crippen molar-refractivity contribution in [3.8, 4) is 0 Å². The first-order chi connectivity index (χ1) is 9.95. The van der Waals surface area contributed by atoms with Crippen molar-refractivity contribution in [1.29, 1.82) is 0 Å². The van der Waals surface area contributed by atoms with Gasteiger partial charge in [-0.3, -0.25) is 4.79 Å². The summed E-state index contributed by atoms with van der Waals surface area (Å²) >= 11 is 0. The number of carbonyl (C=O) groups is 1. The number of anilines is 1. The van der Waals surface area contributed by atoms with Crippen molar-refractivity contribution in [1.82, 2.24) is 0 Å². The summed E-state index contributed by atoms with van der Waals surface area (Å²) in [5.41, 5.74) is 6.35. The van der Waals surface area contributed by atoms with E-state index in [1.54, 1.807) is 25.1 Å². The molecule has 1 aliphatic carbocycles. The summed E-state index contributed by atoms with van der Waals surface area (Å²) in [5.74, 6) is -0.417. The Balaban J connectivity index is 2.22. The lowest BCUT2D eigenvalue weighted by atomic mass is 9.84. The van der Waals surface area contributed by atoms with Crippen molar-refractivity contribution in [2.24, 2.45) is 11.7 Å². The van der Waals surface area contributed by atoms with Gasteiger partial charge < -0.3 is 11.1 Å². The fourth-order valence-corrected chi connectivity index (χ4v) is 3.76. The minimum atomic E-state index is -3.36. The third kappa shape index (κ3) is 3.63. The van der Waals surface area contributed by atoms with Crippen LogP contribution in [0.25, 0.3) is 0 Å². The van der Waals surface area contributed by atoms with Crippen LogP contribution in [-0.2, 0) is 14.6 Å². The molecule has 2 atom stereocenters. The Kier molecular flexibility index (Phi) is 5.00. The third-order valence-electron chi connectivity index (χ3n) is 4.02. The van der Waals surface area contributed by atoms with Gasteiger partial charge in [-0.2, -0.15) is 0 Å². The zero-order valence-corrected chi connectivity index (χ0v) is 13.0. The highest BCUT2D eigenvalue weighted by Gasteiger charge is 2.29. The van der Waals surface area contributed by atoms with Crippen LogP contribution < -0.4 is 11.1 Å². The zero-order valence-electron chi connectivity index (χ0n) is 12.2. The Morgan fingerprint density at radius 3 is 2.62 bits per heavy atom. The van der Waals surface area contributed by atoms with Crippen molar-refractivity contribution in [3.05, 3.63) is 24.3 Å². The predicted octanol–water partition coefficient (Wildman–Crippen LogP) is 1.94.